The van der Waals surface area contributed by atoms with Gasteiger partial charge in [-0.3, -0.25) is 4.79 Å². The molecule has 28 heavy (non-hydrogen) atoms. The molecule has 0 fully saturated rings. The Bertz CT molecular complexity index is 1080. The van der Waals surface area contributed by atoms with E-state index in [0.29, 0.717) is 23.1 Å². The Morgan fingerprint density at radius 2 is 1.75 bits per heavy atom. The summed E-state index contributed by atoms with van der Waals surface area (Å²) in [5, 5.41) is 3.46. The largest absolute Gasteiger partial charge is 0.431 e. The van der Waals surface area contributed by atoms with Gasteiger partial charge in [-0.1, -0.05) is 54.2 Å². The Balaban J connectivity index is 1.43. The van der Waals surface area contributed by atoms with E-state index in [1.807, 2.05) is 42.5 Å². The van der Waals surface area contributed by atoms with Crippen molar-refractivity contribution in [2.45, 2.75) is 17.5 Å². The number of nitrogens with zero attached hydrogens (tertiary/aromatic N) is 1. The summed E-state index contributed by atoms with van der Waals surface area (Å²) in [6.07, 6.45) is 0. The van der Waals surface area contributed by atoms with Gasteiger partial charge in [0.1, 0.15) is 11.3 Å². The van der Waals surface area contributed by atoms with Gasteiger partial charge in [-0.15, -0.1) is 0 Å². The van der Waals surface area contributed by atoms with Gasteiger partial charge in [-0.05, 0) is 41.5 Å². The lowest BCUT2D eigenvalue weighted by Crippen LogP contribution is -2.23. The maximum atomic E-state index is 13.0. The van der Waals surface area contributed by atoms with Crippen molar-refractivity contribution in [1.82, 2.24) is 10.3 Å². The first-order chi connectivity index (χ1) is 13.7. The van der Waals surface area contributed by atoms with Gasteiger partial charge in [0.05, 0.1) is 0 Å². The number of para-hydroxylation sites is 2. The van der Waals surface area contributed by atoms with E-state index in [1.54, 1.807) is 18.2 Å². The van der Waals surface area contributed by atoms with Crippen LogP contribution in [0.4, 0.5) is 4.39 Å². The third-order valence-electron chi connectivity index (χ3n) is 4.25. The van der Waals surface area contributed by atoms with E-state index >= 15 is 0 Å². The molecule has 0 unspecified atom stereocenters. The number of hydrogen-bond acceptors (Lipinski definition) is 4. The Hall–Kier alpha value is -3.12. The first-order valence-electron chi connectivity index (χ1n) is 8.78. The van der Waals surface area contributed by atoms with Crippen LogP contribution in [0.2, 0.25) is 0 Å². The second kappa shape index (κ2) is 8.27. The van der Waals surface area contributed by atoms with Crippen LogP contribution in [-0.2, 0) is 12.3 Å². The van der Waals surface area contributed by atoms with Crippen molar-refractivity contribution in [1.29, 1.82) is 0 Å². The Morgan fingerprint density at radius 1 is 1.00 bits per heavy atom. The fraction of sp³-hybridized carbons (Fsp3) is 0.0909. The molecule has 0 aliphatic carbocycles. The van der Waals surface area contributed by atoms with Gasteiger partial charge >= 0.3 is 0 Å². The number of fused-ring (bicyclic) bond motifs is 1. The predicted octanol–water partition coefficient (Wildman–Crippen LogP) is 5.19. The van der Waals surface area contributed by atoms with Crippen LogP contribution in [0.3, 0.4) is 0 Å². The molecule has 0 aliphatic rings. The van der Waals surface area contributed by atoms with Crippen molar-refractivity contribution in [3.8, 4) is 0 Å². The number of rotatable bonds is 6. The van der Waals surface area contributed by atoms with Crippen LogP contribution in [0.25, 0.3) is 11.1 Å². The molecule has 0 radical (unpaired) electrons. The first kappa shape index (κ1) is 18.3. The van der Waals surface area contributed by atoms with Crippen LogP contribution in [0.1, 0.15) is 21.5 Å². The van der Waals surface area contributed by atoms with E-state index in [9.17, 15) is 9.18 Å². The van der Waals surface area contributed by atoms with Gasteiger partial charge in [-0.2, -0.15) is 0 Å². The number of nitrogens with one attached hydrogen (secondary N) is 1. The molecule has 3 aromatic carbocycles. The summed E-state index contributed by atoms with van der Waals surface area (Å²) in [5.41, 5.74) is 3.90. The van der Waals surface area contributed by atoms with Crippen molar-refractivity contribution in [3.05, 3.63) is 95.3 Å². The Kier molecular flexibility index (Phi) is 5.39. The third-order valence-corrected chi connectivity index (χ3v) is 5.13. The van der Waals surface area contributed by atoms with Crippen LogP contribution < -0.4 is 5.32 Å². The van der Waals surface area contributed by atoms with Gasteiger partial charge in [-0.25, -0.2) is 9.37 Å². The van der Waals surface area contributed by atoms with Gasteiger partial charge in [0.25, 0.3) is 11.1 Å². The van der Waals surface area contributed by atoms with Gasteiger partial charge in [0, 0.05) is 17.9 Å². The molecule has 4 nitrogen and oxygen atoms in total. The van der Waals surface area contributed by atoms with Gasteiger partial charge in [0.2, 0.25) is 0 Å². The van der Waals surface area contributed by atoms with E-state index in [0.717, 1.165) is 22.2 Å². The molecular weight excluding hydrogens is 375 g/mol. The average molecular weight is 392 g/mol. The molecule has 0 spiro atoms. The molecule has 0 saturated carbocycles. The highest BCUT2D eigenvalue weighted by atomic mass is 32.2. The van der Waals surface area contributed by atoms with Crippen LogP contribution in [0.15, 0.2) is 82.4 Å². The minimum atomic E-state index is -0.295. The minimum Gasteiger partial charge on any atom is -0.431 e. The van der Waals surface area contributed by atoms with Crippen molar-refractivity contribution < 1.29 is 13.6 Å². The van der Waals surface area contributed by atoms with Gasteiger partial charge < -0.3 is 9.73 Å². The van der Waals surface area contributed by atoms with E-state index in [-0.39, 0.29) is 11.7 Å². The standard InChI is InChI=1S/C22H17FN2O2S/c23-17-11-9-15(10-12-17)13-24-21(26)18-6-2-1-5-16(18)14-28-22-25-19-7-3-4-8-20(19)27-22/h1-12H,13-14H2,(H,24,26). The van der Waals surface area contributed by atoms with E-state index < -0.39 is 0 Å². The number of thioether (sulfide) groups is 1. The molecular formula is C22H17FN2O2S. The zero-order chi connectivity index (χ0) is 19.3. The maximum absolute atomic E-state index is 13.0. The summed E-state index contributed by atoms with van der Waals surface area (Å²) in [6.45, 7) is 0.339. The fourth-order valence-electron chi connectivity index (χ4n) is 2.80. The molecule has 0 aliphatic heterocycles. The topological polar surface area (TPSA) is 55.1 Å². The number of halogens is 1. The average Bonchev–Trinajstić information content (AvgIpc) is 3.15. The van der Waals surface area contributed by atoms with Crippen LogP contribution in [0.5, 0.6) is 0 Å². The molecule has 0 bridgehead atoms. The second-order valence-electron chi connectivity index (χ2n) is 6.20. The molecule has 1 N–H and O–H groups in total. The molecule has 1 amide bonds. The van der Waals surface area contributed by atoms with Crippen molar-refractivity contribution >= 4 is 28.8 Å². The lowest BCUT2D eigenvalue weighted by molar-refractivity contribution is 0.0950. The summed E-state index contributed by atoms with van der Waals surface area (Å²) in [7, 11) is 0. The second-order valence-corrected chi connectivity index (χ2v) is 7.13. The summed E-state index contributed by atoms with van der Waals surface area (Å²) in [4.78, 5) is 17.1. The van der Waals surface area contributed by atoms with Crippen molar-refractivity contribution in [2.24, 2.45) is 0 Å². The summed E-state index contributed by atoms with van der Waals surface area (Å²) >= 11 is 1.45. The highest BCUT2D eigenvalue weighted by Gasteiger charge is 2.13. The van der Waals surface area contributed by atoms with Gasteiger partial charge in [0.15, 0.2) is 5.58 Å². The number of carbonyl (C=O) groups is 1. The molecule has 0 saturated heterocycles. The molecule has 4 rings (SSSR count). The van der Waals surface area contributed by atoms with Crippen molar-refractivity contribution in [2.75, 3.05) is 0 Å². The number of oxazole rings is 1. The fourth-order valence-corrected chi connectivity index (χ4v) is 3.64. The zero-order valence-corrected chi connectivity index (χ0v) is 15.7. The summed E-state index contributed by atoms with van der Waals surface area (Å²) in [5.74, 6) is 0.0993. The quantitative estimate of drug-likeness (QED) is 0.459. The molecule has 4 aromatic rings. The van der Waals surface area contributed by atoms with Crippen molar-refractivity contribution in [3.63, 3.8) is 0 Å². The van der Waals surface area contributed by atoms with Crippen LogP contribution in [-0.4, -0.2) is 10.9 Å². The summed E-state index contributed by atoms with van der Waals surface area (Å²) in [6, 6.07) is 21.1. The Labute approximate surface area is 165 Å². The first-order valence-corrected chi connectivity index (χ1v) is 9.76. The van der Waals surface area contributed by atoms with Crippen LogP contribution >= 0.6 is 11.8 Å². The lowest BCUT2D eigenvalue weighted by Gasteiger charge is -2.09. The number of amides is 1. The molecule has 6 heteroatoms. The molecule has 1 aromatic heterocycles. The lowest BCUT2D eigenvalue weighted by atomic mass is 10.1. The normalized spacial score (nSPS) is 10.9. The maximum Gasteiger partial charge on any atom is 0.257 e. The molecule has 140 valence electrons. The molecule has 1 heterocycles. The molecule has 0 atom stereocenters. The highest BCUT2D eigenvalue weighted by Crippen LogP contribution is 2.27. The number of benzene rings is 3. The summed E-state index contributed by atoms with van der Waals surface area (Å²) < 4.78 is 18.7. The highest BCUT2D eigenvalue weighted by molar-refractivity contribution is 7.98. The Morgan fingerprint density at radius 3 is 2.57 bits per heavy atom. The number of carbonyl (C=O) groups excluding carboxylic acids is 1. The van der Waals surface area contributed by atoms with E-state index in [2.05, 4.69) is 10.3 Å². The van der Waals surface area contributed by atoms with Crippen LogP contribution in [0, 0.1) is 5.82 Å². The van der Waals surface area contributed by atoms with E-state index in [4.69, 9.17) is 4.42 Å². The number of aromatic nitrogens is 1. The minimum absolute atomic E-state index is 0.168. The predicted molar refractivity (Wildman–Crippen MR) is 108 cm³/mol. The third kappa shape index (κ3) is 4.23. The number of hydrogen-bond donors (Lipinski definition) is 1. The SMILES string of the molecule is O=C(NCc1ccc(F)cc1)c1ccccc1CSc1nc2ccccc2o1. The monoisotopic (exact) mass is 392 g/mol. The van der Waals surface area contributed by atoms with E-state index in [1.165, 1.54) is 23.9 Å². The smallest absolute Gasteiger partial charge is 0.257 e. The zero-order valence-electron chi connectivity index (χ0n) is 14.9.